The molecule has 1 aromatic carbocycles. The quantitative estimate of drug-likeness (QED) is 0.855. The molecule has 0 unspecified atom stereocenters. The van der Waals surface area contributed by atoms with E-state index in [0.29, 0.717) is 4.47 Å². The van der Waals surface area contributed by atoms with Gasteiger partial charge in [0.05, 0.1) is 11.9 Å². The number of halogens is 1. The molecule has 0 aliphatic rings. The fraction of sp³-hybridized carbons (Fsp3) is 0.375. The van der Waals surface area contributed by atoms with Crippen molar-refractivity contribution in [3.8, 4) is 0 Å². The van der Waals surface area contributed by atoms with Gasteiger partial charge in [0.25, 0.3) is 5.56 Å². The molecule has 2 aromatic rings. The smallest absolute Gasteiger partial charge is 0.282 e. The van der Waals surface area contributed by atoms with Crippen LogP contribution in [0.4, 0.5) is 11.4 Å². The molecule has 22 heavy (non-hydrogen) atoms. The van der Waals surface area contributed by atoms with Crippen LogP contribution in [0.2, 0.25) is 0 Å². The van der Waals surface area contributed by atoms with Crippen LogP contribution in [0.15, 0.2) is 39.7 Å². The van der Waals surface area contributed by atoms with Gasteiger partial charge in [-0.05, 0) is 41.4 Å². The summed E-state index contributed by atoms with van der Waals surface area (Å²) in [5, 5.41) is 7.30. The molecule has 1 heterocycles. The summed E-state index contributed by atoms with van der Waals surface area (Å²) in [7, 11) is 1.63. The number of nitrogens with zero attached hydrogens (tertiary/aromatic N) is 3. The van der Waals surface area contributed by atoms with E-state index in [1.165, 1.54) is 15.9 Å². The first kappa shape index (κ1) is 16.5. The topological polar surface area (TPSA) is 50.2 Å². The molecule has 0 bridgehead atoms. The summed E-state index contributed by atoms with van der Waals surface area (Å²) in [6.45, 7) is 6.77. The molecule has 0 atom stereocenters. The van der Waals surface area contributed by atoms with Gasteiger partial charge in [0, 0.05) is 32.4 Å². The summed E-state index contributed by atoms with van der Waals surface area (Å²) in [5.41, 5.74) is 3.09. The largest absolute Gasteiger partial charge is 0.381 e. The maximum atomic E-state index is 11.8. The zero-order valence-electron chi connectivity index (χ0n) is 13.1. The van der Waals surface area contributed by atoms with Gasteiger partial charge in [-0.2, -0.15) is 5.10 Å². The number of hydrogen-bond donors (Lipinski definition) is 1. The van der Waals surface area contributed by atoms with Crippen LogP contribution in [0.25, 0.3) is 0 Å². The van der Waals surface area contributed by atoms with Crippen LogP contribution in [0.5, 0.6) is 0 Å². The van der Waals surface area contributed by atoms with Crippen LogP contribution >= 0.6 is 15.9 Å². The summed E-state index contributed by atoms with van der Waals surface area (Å²) in [6, 6.07) is 8.36. The maximum absolute atomic E-state index is 11.8. The molecule has 0 amide bonds. The Labute approximate surface area is 139 Å². The molecular formula is C16H21BrN4O. The van der Waals surface area contributed by atoms with E-state index in [0.717, 1.165) is 25.3 Å². The van der Waals surface area contributed by atoms with Crippen molar-refractivity contribution in [2.75, 3.05) is 29.9 Å². The lowest BCUT2D eigenvalue weighted by molar-refractivity contribution is 0.703. The Morgan fingerprint density at radius 3 is 2.77 bits per heavy atom. The van der Waals surface area contributed by atoms with E-state index in [9.17, 15) is 4.79 Å². The lowest BCUT2D eigenvalue weighted by Crippen LogP contribution is -2.30. The lowest BCUT2D eigenvalue weighted by atomic mass is 10.2. The molecule has 0 radical (unpaired) electrons. The van der Waals surface area contributed by atoms with Crippen LogP contribution in [-0.2, 0) is 7.05 Å². The van der Waals surface area contributed by atoms with Gasteiger partial charge < -0.3 is 10.2 Å². The maximum Gasteiger partial charge on any atom is 0.282 e. The van der Waals surface area contributed by atoms with Crippen LogP contribution < -0.4 is 15.8 Å². The Kier molecular flexibility index (Phi) is 5.60. The van der Waals surface area contributed by atoms with E-state index in [4.69, 9.17) is 0 Å². The third-order valence-corrected chi connectivity index (χ3v) is 4.38. The molecule has 5 nitrogen and oxygen atoms in total. The number of anilines is 2. The Morgan fingerprint density at radius 2 is 2.09 bits per heavy atom. The van der Waals surface area contributed by atoms with E-state index >= 15 is 0 Å². The first-order valence-electron chi connectivity index (χ1n) is 7.30. The Hall–Kier alpha value is -1.82. The SMILES string of the molecule is CCN(CCNc1cnn(C)c(=O)c1Br)c1ccccc1C. The molecule has 0 saturated carbocycles. The van der Waals surface area contributed by atoms with Gasteiger partial charge >= 0.3 is 0 Å². The zero-order chi connectivity index (χ0) is 16.1. The minimum atomic E-state index is -0.142. The zero-order valence-corrected chi connectivity index (χ0v) is 14.7. The fourth-order valence-corrected chi connectivity index (χ4v) is 2.83. The molecule has 0 aliphatic heterocycles. The number of aryl methyl sites for hydroxylation is 2. The molecule has 1 aromatic heterocycles. The third kappa shape index (κ3) is 3.68. The molecule has 0 spiro atoms. The highest BCUT2D eigenvalue weighted by molar-refractivity contribution is 9.10. The van der Waals surface area contributed by atoms with Crippen molar-refractivity contribution in [1.82, 2.24) is 9.78 Å². The average molecular weight is 365 g/mol. The van der Waals surface area contributed by atoms with Crippen molar-refractivity contribution in [2.45, 2.75) is 13.8 Å². The second-order valence-corrected chi connectivity index (χ2v) is 5.89. The number of likely N-dealkylation sites (N-methyl/N-ethyl adjacent to an activating group) is 1. The van der Waals surface area contributed by atoms with E-state index in [2.05, 4.69) is 63.3 Å². The van der Waals surface area contributed by atoms with E-state index in [1.54, 1.807) is 13.2 Å². The lowest BCUT2D eigenvalue weighted by Gasteiger charge is -2.25. The number of aromatic nitrogens is 2. The minimum Gasteiger partial charge on any atom is -0.381 e. The molecule has 0 aliphatic carbocycles. The van der Waals surface area contributed by atoms with Crippen molar-refractivity contribution in [2.24, 2.45) is 7.05 Å². The number of hydrogen-bond acceptors (Lipinski definition) is 4. The number of rotatable bonds is 6. The monoisotopic (exact) mass is 364 g/mol. The Balaban J connectivity index is 2.02. The molecule has 118 valence electrons. The van der Waals surface area contributed by atoms with E-state index in [-0.39, 0.29) is 5.56 Å². The molecule has 6 heteroatoms. The highest BCUT2D eigenvalue weighted by atomic mass is 79.9. The predicted molar refractivity (Wildman–Crippen MR) is 94.7 cm³/mol. The summed E-state index contributed by atoms with van der Waals surface area (Å²) in [6.07, 6.45) is 1.66. The van der Waals surface area contributed by atoms with Crippen molar-refractivity contribution in [3.63, 3.8) is 0 Å². The summed E-state index contributed by atoms with van der Waals surface area (Å²) in [5.74, 6) is 0. The van der Waals surface area contributed by atoms with Crippen molar-refractivity contribution in [1.29, 1.82) is 0 Å². The third-order valence-electron chi connectivity index (χ3n) is 3.61. The van der Waals surface area contributed by atoms with Gasteiger partial charge in [0.1, 0.15) is 4.47 Å². The molecule has 0 fully saturated rings. The minimum absolute atomic E-state index is 0.142. The Morgan fingerprint density at radius 1 is 1.36 bits per heavy atom. The van der Waals surface area contributed by atoms with Crippen LogP contribution in [-0.4, -0.2) is 29.4 Å². The predicted octanol–water partition coefficient (Wildman–Crippen LogP) is 2.79. The van der Waals surface area contributed by atoms with Crippen molar-refractivity contribution in [3.05, 3.63) is 50.9 Å². The number of benzene rings is 1. The number of para-hydroxylation sites is 1. The van der Waals surface area contributed by atoms with E-state index in [1.807, 2.05) is 6.07 Å². The highest BCUT2D eigenvalue weighted by Crippen LogP contribution is 2.19. The second kappa shape index (κ2) is 7.45. The number of nitrogens with one attached hydrogen (secondary N) is 1. The van der Waals surface area contributed by atoms with Gasteiger partial charge in [-0.25, -0.2) is 4.68 Å². The molecule has 2 rings (SSSR count). The summed E-state index contributed by atoms with van der Waals surface area (Å²) >= 11 is 3.32. The van der Waals surface area contributed by atoms with Gasteiger partial charge in [-0.1, -0.05) is 18.2 Å². The van der Waals surface area contributed by atoms with Gasteiger partial charge in [-0.15, -0.1) is 0 Å². The standard InChI is InChI=1S/C16H21BrN4O/c1-4-21(14-8-6-5-7-12(14)2)10-9-18-13-11-19-20(3)16(22)15(13)17/h5-8,11,18H,4,9-10H2,1-3H3. The van der Waals surface area contributed by atoms with Gasteiger partial charge in [-0.3, -0.25) is 4.79 Å². The summed E-state index contributed by atoms with van der Waals surface area (Å²) < 4.78 is 1.82. The molecule has 0 saturated heterocycles. The van der Waals surface area contributed by atoms with Crippen LogP contribution in [0.3, 0.4) is 0 Å². The first-order chi connectivity index (χ1) is 10.5. The van der Waals surface area contributed by atoms with Gasteiger partial charge in [0.15, 0.2) is 0 Å². The second-order valence-electron chi connectivity index (χ2n) is 5.09. The molecule has 1 N–H and O–H groups in total. The average Bonchev–Trinajstić information content (AvgIpc) is 2.52. The van der Waals surface area contributed by atoms with Gasteiger partial charge in [0.2, 0.25) is 0 Å². The van der Waals surface area contributed by atoms with Crippen LogP contribution in [0, 0.1) is 6.92 Å². The fourth-order valence-electron chi connectivity index (χ4n) is 2.33. The Bertz CT molecular complexity index is 699. The van der Waals surface area contributed by atoms with Crippen molar-refractivity contribution >= 4 is 27.3 Å². The molecular weight excluding hydrogens is 344 g/mol. The van der Waals surface area contributed by atoms with Crippen molar-refractivity contribution < 1.29 is 0 Å². The normalized spacial score (nSPS) is 10.5. The first-order valence-corrected chi connectivity index (χ1v) is 8.10. The highest BCUT2D eigenvalue weighted by Gasteiger charge is 2.09. The summed E-state index contributed by atoms with van der Waals surface area (Å²) in [4.78, 5) is 14.1. The van der Waals surface area contributed by atoms with E-state index < -0.39 is 0 Å². The van der Waals surface area contributed by atoms with Crippen LogP contribution in [0.1, 0.15) is 12.5 Å².